The van der Waals surface area contributed by atoms with Crippen LogP contribution in [0.4, 0.5) is 5.69 Å². The third kappa shape index (κ3) is 3.99. The van der Waals surface area contributed by atoms with Crippen LogP contribution >= 0.6 is 0 Å². The minimum absolute atomic E-state index is 0.125. The minimum atomic E-state index is 0.125. The molecule has 0 bridgehead atoms. The molecule has 0 atom stereocenters. The molecule has 0 saturated carbocycles. The van der Waals surface area contributed by atoms with Gasteiger partial charge in [0.25, 0.3) is 0 Å². The zero-order chi connectivity index (χ0) is 16.2. The van der Waals surface area contributed by atoms with Crippen molar-refractivity contribution in [2.45, 2.75) is 20.4 Å². The second-order valence-corrected chi connectivity index (χ2v) is 6.35. The van der Waals surface area contributed by atoms with E-state index < -0.39 is 0 Å². The van der Waals surface area contributed by atoms with Crippen molar-refractivity contribution in [1.82, 2.24) is 4.90 Å². The van der Waals surface area contributed by atoms with Crippen molar-refractivity contribution in [2.24, 2.45) is 0 Å². The lowest BCUT2D eigenvalue weighted by Crippen LogP contribution is -2.45. The Hall–Kier alpha value is -2.13. The summed E-state index contributed by atoms with van der Waals surface area (Å²) in [6.45, 7) is 8.97. The van der Waals surface area contributed by atoms with Gasteiger partial charge in [-0.2, -0.15) is 0 Å². The normalized spacial score (nSPS) is 15.7. The molecule has 3 heteroatoms. The van der Waals surface area contributed by atoms with Gasteiger partial charge in [0.15, 0.2) is 5.78 Å². The molecule has 0 unspecified atom stereocenters. The van der Waals surface area contributed by atoms with E-state index in [2.05, 4.69) is 53.1 Å². The van der Waals surface area contributed by atoms with Crippen molar-refractivity contribution >= 4 is 11.5 Å². The van der Waals surface area contributed by atoms with Crippen molar-refractivity contribution in [1.29, 1.82) is 0 Å². The molecule has 3 nitrogen and oxygen atoms in total. The topological polar surface area (TPSA) is 23.6 Å². The maximum atomic E-state index is 11.4. The first-order chi connectivity index (χ1) is 11.1. The summed E-state index contributed by atoms with van der Waals surface area (Å²) < 4.78 is 0. The maximum absolute atomic E-state index is 11.4. The average molecular weight is 308 g/mol. The van der Waals surface area contributed by atoms with Crippen molar-refractivity contribution in [2.75, 3.05) is 31.1 Å². The highest BCUT2D eigenvalue weighted by Crippen LogP contribution is 2.18. The van der Waals surface area contributed by atoms with Gasteiger partial charge >= 0.3 is 0 Å². The van der Waals surface area contributed by atoms with E-state index in [1.807, 2.05) is 12.1 Å². The molecule has 0 N–H and O–H groups in total. The fourth-order valence-electron chi connectivity index (χ4n) is 3.02. The molecule has 2 aromatic carbocycles. The van der Waals surface area contributed by atoms with Gasteiger partial charge in [0, 0.05) is 44.0 Å². The van der Waals surface area contributed by atoms with E-state index in [0.29, 0.717) is 0 Å². The van der Waals surface area contributed by atoms with Crippen LogP contribution in [0.3, 0.4) is 0 Å². The Morgan fingerprint density at radius 2 is 1.52 bits per heavy atom. The van der Waals surface area contributed by atoms with Gasteiger partial charge in [-0.05, 0) is 43.7 Å². The van der Waals surface area contributed by atoms with Gasteiger partial charge < -0.3 is 4.90 Å². The van der Waals surface area contributed by atoms with Crippen LogP contribution in [0.2, 0.25) is 0 Å². The van der Waals surface area contributed by atoms with Crippen LogP contribution in [0.5, 0.6) is 0 Å². The Balaban J connectivity index is 1.55. The molecule has 1 saturated heterocycles. The molecule has 0 aliphatic carbocycles. The van der Waals surface area contributed by atoms with Crippen LogP contribution in [-0.2, 0) is 6.54 Å². The van der Waals surface area contributed by atoms with Gasteiger partial charge in [0.2, 0.25) is 0 Å². The van der Waals surface area contributed by atoms with Gasteiger partial charge in [0.05, 0.1) is 0 Å². The Kier molecular flexibility index (Phi) is 4.77. The lowest BCUT2D eigenvalue weighted by Gasteiger charge is -2.36. The first-order valence-corrected chi connectivity index (χ1v) is 8.26. The van der Waals surface area contributed by atoms with E-state index in [0.717, 1.165) is 38.3 Å². The molecule has 1 heterocycles. The summed E-state index contributed by atoms with van der Waals surface area (Å²) in [6, 6.07) is 16.8. The number of carbonyl (C=O) groups is 1. The highest BCUT2D eigenvalue weighted by molar-refractivity contribution is 5.94. The number of anilines is 1. The zero-order valence-corrected chi connectivity index (χ0v) is 14.0. The third-order valence-corrected chi connectivity index (χ3v) is 4.54. The van der Waals surface area contributed by atoms with Gasteiger partial charge in [-0.3, -0.25) is 9.69 Å². The van der Waals surface area contributed by atoms with E-state index in [4.69, 9.17) is 0 Å². The Bertz CT molecular complexity index is 653. The smallest absolute Gasteiger partial charge is 0.159 e. The van der Waals surface area contributed by atoms with Crippen molar-refractivity contribution in [3.05, 3.63) is 65.2 Å². The molecule has 1 aliphatic rings. The quantitative estimate of drug-likeness (QED) is 0.808. The molecule has 0 aromatic heterocycles. The van der Waals surface area contributed by atoms with E-state index in [1.165, 1.54) is 16.8 Å². The van der Waals surface area contributed by atoms with Crippen LogP contribution in [0.1, 0.15) is 28.4 Å². The second-order valence-electron chi connectivity index (χ2n) is 6.35. The van der Waals surface area contributed by atoms with Gasteiger partial charge in [-0.15, -0.1) is 0 Å². The molecule has 120 valence electrons. The van der Waals surface area contributed by atoms with E-state index in [-0.39, 0.29) is 5.78 Å². The van der Waals surface area contributed by atoms with Crippen LogP contribution in [-0.4, -0.2) is 36.9 Å². The number of rotatable bonds is 4. The monoisotopic (exact) mass is 308 g/mol. The largest absolute Gasteiger partial charge is 0.369 e. The standard InChI is InChI=1S/C20H24N2O/c1-16-3-5-18(6-4-16)15-21-11-13-22(14-12-21)20-9-7-19(8-10-20)17(2)23/h3-10H,11-15H2,1-2H3. The lowest BCUT2D eigenvalue weighted by atomic mass is 10.1. The Labute approximate surface area is 138 Å². The summed E-state index contributed by atoms with van der Waals surface area (Å²) in [5.74, 6) is 0.125. The number of carbonyl (C=O) groups excluding carboxylic acids is 1. The number of hydrogen-bond donors (Lipinski definition) is 0. The van der Waals surface area contributed by atoms with Crippen molar-refractivity contribution in [3.63, 3.8) is 0 Å². The van der Waals surface area contributed by atoms with Crippen LogP contribution < -0.4 is 4.90 Å². The van der Waals surface area contributed by atoms with Gasteiger partial charge in [-0.1, -0.05) is 29.8 Å². The van der Waals surface area contributed by atoms with Crippen LogP contribution in [0.15, 0.2) is 48.5 Å². The number of hydrogen-bond acceptors (Lipinski definition) is 3. The predicted molar refractivity (Wildman–Crippen MR) is 95.1 cm³/mol. The highest BCUT2D eigenvalue weighted by Gasteiger charge is 2.17. The number of aryl methyl sites for hydroxylation is 1. The molecule has 23 heavy (non-hydrogen) atoms. The number of ketones is 1. The summed E-state index contributed by atoms with van der Waals surface area (Å²) in [6.07, 6.45) is 0. The molecular formula is C20H24N2O. The molecule has 0 amide bonds. The number of Topliss-reactive ketones (excluding diaryl/α,β-unsaturated/α-hetero) is 1. The maximum Gasteiger partial charge on any atom is 0.159 e. The summed E-state index contributed by atoms with van der Waals surface area (Å²) >= 11 is 0. The average Bonchev–Trinajstić information content (AvgIpc) is 2.58. The van der Waals surface area contributed by atoms with Crippen LogP contribution in [0, 0.1) is 6.92 Å². The van der Waals surface area contributed by atoms with Crippen LogP contribution in [0.25, 0.3) is 0 Å². The van der Waals surface area contributed by atoms with Gasteiger partial charge in [-0.25, -0.2) is 0 Å². The van der Waals surface area contributed by atoms with E-state index in [1.54, 1.807) is 6.92 Å². The molecule has 1 aliphatic heterocycles. The molecule has 2 aromatic rings. The predicted octanol–water partition coefficient (Wildman–Crippen LogP) is 3.52. The SMILES string of the molecule is CC(=O)c1ccc(N2CCN(Cc3ccc(C)cc3)CC2)cc1. The minimum Gasteiger partial charge on any atom is -0.369 e. The molecule has 3 rings (SSSR count). The Morgan fingerprint density at radius 3 is 2.09 bits per heavy atom. The number of nitrogens with zero attached hydrogens (tertiary/aromatic N) is 2. The molecule has 0 spiro atoms. The van der Waals surface area contributed by atoms with Crippen molar-refractivity contribution in [3.8, 4) is 0 Å². The number of piperazine rings is 1. The summed E-state index contributed by atoms with van der Waals surface area (Å²) in [4.78, 5) is 16.3. The van der Waals surface area contributed by atoms with E-state index >= 15 is 0 Å². The summed E-state index contributed by atoms with van der Waals surface area (Å²) in [5.41, 5.74) is 4.69. The van der Waals surface area contributed by atoms with E-state index in [9.17, 15) is 4.79 Å². The first kappa shape index (κ1) is 15.8. The molecule has 0 radical (unpaired) electrons. The summed E-state index contributed by atoms with van der Waals surface area (Å²) in [7, 11) is 0. The third-order valence-electron chi connectivity index (χ3n) is 4.54. The molecule has 1 fully saturated rings. The number of benzene rings is 2. The highest BCUT2D eigenvalue weighted by atomic mass is 16.1. The van der Waals surface area contributed by atoms with Crippen molar-refractivity contribution < 1.29 is 4.79 Å². The fraction of sp³-hybridized carbons (Fsp3) is 0.350. The zero-order valence-electron chi connectivity index (χ0n) is 14.0. The van der Waals surface area contributed by atoms with Gasteiger partial charge in [0.1, 0.15) is 0 Å². The Morgan fingerprint density at radius 1 is 0.913 bits per heavy atom. The summed E-state index contributed by atoms with van der Waals surface area (Å²) in [5, 5.41) is 0. The second kappa shape index (κ2) is 6.97. The first-order valence-electron chi connectivity index (χ1n) is 8.26. The lowest BCUT2D eigenvalue weighted by molar-refractivity contribution is 0.101. The fourth-order valence-corrected chi connectivity index (χ4v) is 3.02. The molecular weight excluding hydrogens is 284 g/mol.